The van der Waals surface area contributed by atoms with Crippen molar-refractivity contribution in [2.75, 3.05) is 522 Å². The van der Waals surface area contributed by atoms with Crippen LogP contribution in [-0.4, -0.2) is 532 Å². The number of ether oxygens (including phenoxy) is 39. The third kappa shape index (κ3) is 112. The molecule has 0 aromatic heterocycles. The molecule has 0 radical (unpaired) electrons. The Morgan fingerprint density at radius 2 is 0.272 bits per heavy atom. The lowest BCUT2D eigenvalue weighted by Gasteiger charge is -2.29. The third-order valence-electron chi connectivity index (χ3n) is 18.2. The fourth-order valence-electron chi connectivity index (χ4n) is 11.1. The molecule has 1 aromatic carbocycles. The van der Waals surface area contributed by atoms with Gasteiger partial charge in [-0.1, -0.05) is 82.2 Å². The maximum absolute atomic E-state index is 11.5. The molecule has 0 saturated heterocycles. The van der Waals surface area contributed by atoms with E-state index in [1.54, 1.807) is 0 Å². The number of aliphatic hydroxyl groups excluding tert-OH is 1. The zero-order valence-corrected chi connectivity index (χ0v) is 83.2. The summed E-state index contributed by atoms with van der Waals surface area (Å²) in [5.74, 6) is 0. The van der Waals surface area contributed by atoms with Gasteiger partial charge in [-0.2, -0.15) is 0 Å². The lowest BCUT2D eigenvalue weighted by molar-refractivity contribution is -0.0716. The number of unbranched alkanes of at least 4 members (excludes halogenated alkanes) is 6. The van der Waals surface area contributed by atoms with Crippen molar-refractivity contribution in [1.29, 1.82) is 0 Å². The molecule has 2 N–H and O–H groups in total. The van der Waals surface area contributed by atoms with Gasteiger partial charge in [-0.15, -0.1) is 0 Å². The standard InChI is InChI=1S/C95H184O41/c1-2-3-4-5-6-7-11-14-95(97,94-12-9-8-10-13-94)93-136-92-91-135-90-89-134-88-87-133-86-85-132-84-83-131-82-81-130-80-79-129-78-77-128-76-75-127-74-73-126-72-71-125-70-69-124-68-67-123-66-65-122-64-63-121-62-61-120-60-59-119-58-57-118-56-55-117-54-53-116-52-51-115-50-49-114-48-47-113-46-45-112-44-43-111-42-41-110-40-39-109-38-37-108-36-35-107-34-33-106-32-31-105-30-29-104-28-27-103-26-25-102-24-23-101-22-21-100-20-19-99-18-17-98-16-15-96/h8-10,12-13,96-97H,2-7,11,14-93H2,1H3. The summed E-state index contributed by atoms with van der Waals surface area (Å²) >= 11 is 0. The summed E-state index contributed by atoms with van der Waals surface area (Å²) in [6, 6.07) is 9.85. The van der Waals surface area contributed by atoms with Crippen LogP contribution in [-0.2, 0) is 190 Å². The number of benzene rings is 1. The van der Waals surface area contributed by atoms with Crippen molar-refractivity contribution in [2.24, 2.45) is 0 Å². The summed E-state index contributed by atoms with van der Waals surface area (Å²) in [6.07, 6.45) is 9.09. The lowest BCUT2D eigenvalue weighted by atomic mass is 9.89. The van der Waals surface area contributed by atoms with Crippen LogP contribution in [0.25, 0.3) is 0 Å². The zero-order chi connectivity index (χ0) is 96.7. The van der Waals surface area contributed by atoms with Crippen LogP contribution in [0.5, 0.6) is 0 Å². The van der Waals surface area contributed by atoms with Gasteiger partial charge in [0.1, 0.15) is 5.60 Å². The van der Waals surface area contributed by atoms with Gasteiger partial charge in [0.2, 0.25) is 0 Å². The minimum atomic E-state index is -0.994. The summed E-state index contributed by atoms with van der Waals surface area (Å²) in [7, 11) is 0. The first-order valence-corrected chi connectivity index (χ1v) is 49.6. The van der Waals surface area contributed by atoms with Gasteiger partial charge in [0.05, 0.1) is 522 Å². The summed E-state index contributed by atoms with van der Waals surface area (Å²) < 4.78 is 216. The normalized spacial score (nSPS) is 12.3. The van der Waals surface area contributed by atoms with Crippen LogP contribution in [0, 0.1) is 0 Å². The molecule has 0 spiro atoms. The molecule has 1 aromatic rings. The van der Waals surface area contributed by atoms with Crippen LogP contribution in [0.15, 0.2) is 30.3 Å². The number of hydrogen-bond acceptors (Lipinski definition) is 41. The Bertz CT molecular complexity index is 2190. The van der Waals surface area contributed by atoms with Crippen molar-refractivity contribution in [3.05, 3.63) is 35.9 Å². The molecule has 0 fully saturated rings. The predicted molar refractivity (Wildman–Crippen MR) is 502 cm³/mol. The lowest BCUT2D eigenvalue weighted by Crippen LogP contribution is -2.32. The summed E-state index contributed by atoms with van der Waals surface area (Å²) in [5.41, 5.74) is -0.0927. The average Bonchev–Trinajstić information content (AvgIpc) is 0.836. The molecule has 1 rings (SSSR count). The molecule has 41 nitrogen and oxygen atoms in total. The Kier molecular flexibility index (Phi) is 117. The molecule has 0 saturated carbocycles. The molecule has 0 heterocycles. The van der Waals surface area contributed by atoms with Crippen LogP contribution in [0.2, 0.25) is 0 Å². The summed E-state index contributed by atoms with van der Waals surface area (Å²) in [4.78, 5) is 0. The number of hydrogen-bond donors (Lipinski definition) is 2. The fourth-order valence-corrected chi connectivity index (χ4v) is 11.1. The smallest absolute Gasteiger partial charge is 0.113 e. The average molecular weight is 1980 g/mol. The molecule has 0 bridgehead atoms. The van der Waals surface area contributed by atoms with Crippen LogP contribution >= 0.6 is 0 Å². The fraction of sp³-hybridized carbons (Fsp3) is 0.937. The van der Waals surface area contributed by atoms with Gasteiger partial charge in [-0.25, -0.2) is 0 Å². The van der Waals surface area contributed by atoms with Crippen molar-refractivity contribution in [2.45, 2.75) is 63.9 Å². The second kappa shape index (κ2) is 121. The molecule has 41 heteroatoms. The molecule has 0 aliphatic carbocycles. The van der Waals surface area contributed by atoms with E-state index in [0.717, 1.165) is 18.4 Å². The van der Waals surface area contributed by atoms with E-state index in [-0.39, 0.29) is 13.2 Å². The van der Waals surface area contributed by atoms with Gasteiger partial charge in [0.15, 0.2) is 0 Å². The van der Waals surface area contributed by atoms with Gasteiger partial charge < -0.3 is 195 Å². The first-order chi connectivity index (χ1) is 67.7. The maximum Gasteiger partial charge on any atom is 0.113 e. The Labute approximate surface area is 813 Å². The highest BCUT2D eigenvalue weighted by molar-refractivity contribution is 5.22. The Hall–Kier alpha value is -2.42. The van der Waals surface area contributed by atoms with Gasteiger partial charge in [-0.3, -0.25) is 0 Å². The minimum absolute atomic E-state index is 0.0146. The van der Waals surface area contributed by atoms with Crippen molar-refractivity contribution in [3.63, 3.8) is 0 Å². The van der Waals surface area contributed by atoms with E-state index in [4.69, 9.17) is 190 Å². The largest absolute Gasteiger partial charge is 0.394 e. The van der Waals surface area contributed by atoms with Crippen LogP contribution in [0.4, 0.5) is 0 Å². The van der Waals surface area contributed by atoms with E-state index in [0.29, 0.717) is 515 Å². The molecule has 0 aliphatic heterocycles. The highest BCUT2D eigenvalue weighted by Gasteiger charge is 2.29. The predicted octanol–water partition coefficient (Wildman–Crippen LogP) is 4.65. The minimum Gasteiger partial charge on any atom is -0.394 e. The van der Waals surface area contributed by atoms with Crippen LogP contribution in [0.1, 0.15) is 63.9 Å². The highest BCUT2D eigenvalue weighted by atomic mass is 16.6. The monoisotopic (exact) mass is 1980 g/mol. The van der Waals surface area contributed by atoms with Crippen molar-refractivity contribution >= 4 is 0 Å². The Morgan fingerprint density at radius 1 is 0.154 bits per heavy atom. The van der Waals surface area contributed by atoms with Crippen LogP contribution in [0.3, 0.4) is 0 Å². The summed E-state index contributed by atoms with van der Waals surface area (Å²) in [6.45, 7) is 39.0. The molecule has 0 amide bonds. The molecule has 0 aliphatic rings. The van der Waals surface area contributed by atoms with Gasteiger partial charge in [0.25, 0.3) is 0 Å². The van der Waals surface area contributed by atoms with E-state index in [1.807, 2.05) is 30.3 Å². The van der Waals surface area contributed by atoms with Gasteiger partial charge in [0, 0.05) is 0 Å². The quantitative estimate of drug-likeness (QED) is 0.0838. The first kappa shape index (κ1) is 132. The zero-order valence-electron chi connectivity index (χ0n) is 83.2. The molecule has 1 atom stereocenters. The van der Waals surface area contributed by atoms with E-state index in [9.17, 15) is 5.11 Å². The summed E-state index contributed by atoms with van der Waals surface area (Å²) in [5, 5.41) is 20.1. The van der Waals surface area contributed by atoms with Crippen molar-refractivity contribution < 1.29 is 195 Å². The highest BCUT2D eigenvalue weighted by Crippen LogP contribution is 2.28. The van der Waals surface area contributed by atoms with Crippen molar-refractivity contribution in [1.82, 2.24) is 0 Å². The molecule has 136 heavy (non-hydrogen) atoms. The first-order valence-electron chi connectivity index (χ1n) is 49.6. The van der Waals surface area contributed by atoms with E-state index >= 15 is 0 Å². The van der Waals surface area contributed by atoms with E-state index < -0.39 is 5.60 Å². The molecular formula is C95H184O41. The Morgan fingerprint density at radius 3 is 0.404 bits per heavy atom. The molecule has 810 valence electrons. The SMILES string of the molecule is CCCCCCCCCC(O)(COCCOCCOCCOCCOCCOCCOCCOCCOCCOCCOCCOCCOCCOCCOCCOCCOCCOCCOCCOCCOCCOCCOCCOCCOCCOCCOCCOCCOCCOCCOCCOCCOCCOCCOCCOCCOCCOCCOCCO)c1ccccc1. The third-order valence-corrected chi connectivity index (χ3v) is 18.2. The maximum atomic E-state index is 11.5. The topological polar surface area (TPSA) is 400 Å². The van der Waals surface area contributed by atoms with Gasteiger partial charge in [-0.05, 0) is 12.0 Å². The van der Waals surface area contributed by atoms with Gasteiger partial charge >= 0.3 is 0 Å². The second-order valence-corrected chi connectivity index (χ2v) is 29.3. The second-order valence-electron chi connectivity index (χ2n) is 29.3. The molecule has 1 unspecified atom stereocenters. The van der Waals surface area contributed by atoms with E-state index in [2.05, 4.69) is 6.92 Å². The Balaban J connectivity index is 1.60. The van der Waals surface area contributed by atoms with Crippen molar-refractivity contribution in [3.8, 4) is 0 Å². The van der Waals surface area contributed by atoms with E-state index in [1.165, 1.54) is 32.1 Å². The number of rotatable bonds is 127. The van der Waals surface area contributed by atoms with Crippen LogP contribution < -0.4 is 0 Å². The molecular weight excluding hydrogens is 1800 g/mol. The number of aliphatic hydroxyl groups is 2.